The molecule has 1 amide bonds. The topological polar surface area (TPSA) is 46.6 Å². The van der Waals surface area contributed by atoms with Crippen LogP contribution in [0.5, 0.6) is 5.75 Å². The second-order valence-corrected chi connectivity index (χ2v) is 7.93. The minimum Gasteiger partial charge on any atom is -0.496 e. The van der Waals surface area contributed by atoms with Gasteiger partial charge in [0.15, 0.2) is 5.78 Å². The van der Waals surface area contributed by atoms with E-state index in [1.807, 2.05) is 60.7 Å². The van der Waals surface area contributed by atoms with Crippen molar-refractivity contribution in [3.8, 4) is 16.9 Å². The van der Waals surface area contributed by atoms with Gasteiger partial charge in [0.1, 0.15) is 5.75 Å². The number of benzene rings is 3. The monoisotopic (exact) mass is 431 g/mol. The lowest BCUT2D eigenvalue weighted by atomic mass is 9.92. The maximum atomic E-state index is 12.5. The Morgan fingerprint density at radius 1 is 0.935 bits per heavy atom. The summed E-state index contributed by atoms with van der Waals surface area (Å²) < 4.78 is 5.69. The lowest BCUT2D eigenvalue weighted by molar-refractivity contribution is -0.116. The lowest BCUT2D eigenvalue weighted by Crippen LogP contribution is -2.29. The molecule has 156 valence electrons. The molecule has 3 aromatic rings. The van der Waals surface area contributed by atoms with Gasteiger partial charge < -0.3 is 9.64 Å². The number of anilines is 1. The fourth-order valence-corrected chi connectivity index (χ4v) is 4.14. The zero-order chi connectivity index (χ0) is 22.1. The molecule has 4 rings (SSSR count). The van der Waals surface area contributed by atoms with E-state index in [-0.39, 0.29) is 11.7 Å². The van der Waals surface area contributed by atoms with Gasteiger partial charge in [-0.15, -0.1) is 0 Å². The van der Waals surface area contributed by atoms with Gasteiger partial charge in [0.2, 0.25) is 5.91 Å². The number of amides is 1. The maximum absolute atomic E-state index is 12.5. The third-order valence-corrected chi connectivity index (χ3v) is 5.72. The first-order valence-electron chi connectivity index (χ1n) is 9.96. The molecule has 1 heterocycles. The Hall–Kier alpha value is -3.37. The number of fused-ring (bicyclic) bond motifs is 2. The lowest BCUT2D eigenvalue weighted by Gasteiger charge is -2.27. The highest BCUT2D eigenvalue weighted by Crippen LogP contribution is 2.38. The fraction of sp³-hybridized carbons (Fsp3) is 0.154. The Bertz CT molecular complexity index is 1230. The highest BCUT2D eigenvalue weighted by molar-refractivity contribution is 6.31. The van der Waals surface area contributed by atoms with Crippen LogP contribution in [0.2, 0.25) is 5.02 Å². The van der Waals surface area contributed by atoms with E-state index in [4.69, 9.17) is 16.3 Å². The van der Waals surface area contributed by atoms with E-state index >= 15 is 0 Å². The van der Waals surface area contributed by atoms with Gasteiger partial charge in [0.05, 0.1) is 19.3 Å². The van der Waals surface area contributed by atoms with Gasteiger partial charge in [-0.3, -0.25) is 9.59 Å². The first-order valence-corrected chi connectivity index (χ1v) is 10.3. The zero-order valence-corrected chi connectivity index (χ0v) is 18.4. The number of hydrogen-bond donors (Lipinski definition) is 0. The van der Waals surface area contributed by atoms with Crippen LogP contribution in [-0.4, -0.2) is 18.8 Å². The number of halogens is 1. The van der Waals surface area contributed by atoms with Crippen molar-refractivity contribution in [3.05, 3.63) is 81.9 Å². The van der Waals surface area contributed by atoms with Crippen LogP contribution in [0.3, 0.4) is 0 Å². The molecule has 5 heteroatoms. The molecule has 0 bridgehead atoms. The van der Waals surface area contributed by atoms with Crippen molar-refractivity contribution < 1.29 is 14.3 Å². The van der Waals surface area contributed by atoms with Crippen LogP contribution in [0, 0.1) is 0 Å². The smallest absolute Gasteiger partial charge is 0.224 e. The van der Waals surface area contributed by atoms with E-state index in [2.05, 4.69) is 0 Å². The number of methoxy groups -OCH3 is 1. The summed E-state index contributed by atoms with van der Waals surface area (Å²) in [6.45, 7) is 3.50. The van der Waals surface area contributed by atoms with Gasteiger partial charge in [0.25, 0.3) is 0 Å². The Balaban J connectivity index is 1.94. The molecule has 0 unspecified atom stereocenters. The van der Waals surface area contributed by atoms with Gasteiger partial charge in [-0.25, -0.2) is 0 Å². The Morgan fingerprint density at radius 2 is 1.68 bits per heavy atom. The van der Waals surface area contributed by atoms with Crippen LogP contribution in [0.1, 0.15) is 40.9 Å². The van der Waals surface area contributed by atoms with Crippen LogP contribution in [-0.2, 0) is 11.3 Å². The van der Waals surface area contributed by atoms with Crippen molar-refractivity contribution >= 4 is 41.1 Å². The summed E-state index contributed by atoms with van der Waals surface area (Å²) in [5.41, 5.74) is 5.84. The van der Waals surface area contributed by atoms with Crippen molar-refractivity contribution in [2.45, 2.75) is 20.4 Å². The number of Topliss-reactive ketones (excluding diaryl/α,β-unsaturated/α-hetero) is 1. The second kappa shape index (κ2) is 8.40. The zero-order valence-electron chi connectivity index (χ0n) is 17.6. The molecule has 0 saturated heterocycles. The third kappa shape index (κ3) is 3.99. The Kier molecular flexibility index (Phi) is 5.66. The summed E-state index contributed by atoms with van der Waals surface area (Å²) in [7, 11) is 1.62. The molecule has 0 radical (unpaired) electrons. The number of hydrogen-bond acceptors (Lipinski definition) is 3. The van der Waals surface area contributed by atoms with Crippen LogP contribution in [0.4, 0.5) is 5.69 Å². The Morgan fingerprint density at radius 3 is 2.39 bits per heavy atom. The molecule has 3 aromatic carbocycles. The Labute approximate surface area is 186 Å². The average molecular weight is 432 g/mol. The summed E-state index contributed by atoms with van der Waals surface area (Å²) >= 11 is 6.19. The fourth-order valence-electron chi connectivity index (χ4n) is 3.96. The molecule has 0 aliphatic carbocycles. The van der Waals surface area contributed by atoms with Crippen LogP contribution >= 0.6 is 11.6 Å². The second-order valence-electron chi connectivity index (χ2n) is 7.49. The number of carbonyl (C=O) groups excluding carboxylic acids is 2. The van der Waals surface area contributed by atoms with Crippen LogP contribution in [0.15, 0.2) is 54.6 Å². The molecular formula is C26H22ClNO3. The molecule has 4 nitrogen and oxygen atoms in total. The van der Waals surface area contributed by atoms with E-state index in [0.717, 1.165) is 33.5 Å². The maximum Gasteiger partial charge on any atom is 0.224 e. The van der Waals surface area contributed by atoms with Crippen molar-refractivity contribution in [1.29, 1.82) is 0 Å². The van der Waals surface area contributed by atoms with Gasteiger partial charge in [-0.1, -0.05) is 48.0 Å². The van der Waals surface area contributed by atoms with E-state index in [1.165, 1.54) is 0 Å². The molecule has 1 aliphatic heterocycles. The summed E-state index contributed by atoms with van der Waals surface area (Å²) in [5.74, 6) is 0.588. The summed E-state index contributed by atoms with van der Waals surface area (Å²) in [6.07, 6.45) is 3.96. The normalized spacial score (nSPS) is 12.5. The first-order chi connectivity index (χ1) is 14.9. The molecule has 0 fully saturated rings. The van der Waals surface area contributed by atoms with Gasteiger partial charge in [-0.05, 0) is 59.5 Å². The van der Waals surface area contributed by atoms with Gasteiger partial charge in [0, 0.05) is 23.1 Å². The molecule has 0 spiro atoms. The molecule has 0 aromatic heterocycles. The third-order valence-electron chi connectivity index (χ3n) is 5.49. The van der Waals surface area contributed by atoms with Crippen LogP contribution < -0.4 is 9.64 Å². The van der Waals surface area contributed by atoms with E-state index < -0.39 is 0 Å². The summed E-state index contributed by atoms with van der Waals surface area (Å²) in [4.78, 5) is 26.5. The quantitative estimate of drug-likeness (QED) is 0.460. The number of rotatable bonds is 3. The molecule has 1 aliphatic rings. The summed E-state index contributed by atoms with van der Waals surface area (Å²) in [5, 5.41) is 0.612. The predicted octanol–water partition coefficient (Wildman–Crippen LogP) is 6.26. The number of ketones is 1. The molecule has 31 heavy (non-hydrogen) atoms. The predicted molar refractivity (Wildman–Crippen MR) is 126 cm³/mol. The molecule has 0 N–H and O–H groups in total. The van der Waals surface area contributed by atoms with Gasteiger partial charge in [-0.2, -0.15) is 0 Å². The number of nitrogens with zero attached hydrogens (tertiary/aromatic N) is 1. The molecule has 0 saturated carbocycles. The largest absolute Gasteiger partial charge is 0.496 e. The van der Waals surface area contributed by atoms with Crippen molar-refractivity contribution in [2.24, 2.45) is 0 Å². The molecule has 0 atom stereocenters. The summed E-state index contributed by atoms with van der Waals surface area (Å²) in [6, 6.07) is 16.9. The van der Waals surface area contributed by atoms with Crippen LogP contribution in [0.25, 0.3) is 23.3 Å². The van der Waals surface area contributed by atoms with E-state index in [9.17, 15) is 9.59 Å². The highest BCUT2D eigenvalue weighted by Gasteiger charge is 2.21. The van der Waals surface area contributed by atoms with Gasteiger partial charge >= 0.3 is 0 Å². The molecular weight excluding hydrogens is 410 g/mol. The highest BCUT2D eigenvalue weighted by atomic mass is 35.5. The standard InChI is InChI=1S/C26H22ClNO3/c1-16(29)22-6-4-5-7-23(22)24-13-20-15-28(17(2)30)25-11-10-21(27)12-19(25)9-8-18(20)14-26(24)31-3/h4-14H,15H2,1-3H3. The number of carbonyl (C=O) groups is 2. The van der Waals surface area contributed by atoms with Crippen molar-refractivity contribution in [2.75, 3.05) is 12.0 Å². The van der Waals surface area contributed by atoms with Crippen molar-refractivity contribution in [3.63, 3.8) is 0 Å². The SMILES string of the molecule is COc1cc2c(cc1-c1ccccc1C(C)=O)CN(C(C)=O)c1ccc(Cl)cc1C=C2. The number of ether oxygens (including phenoxy) is 1. The minimum absolute atomic E-state index is 0.0135. The van der Waals surface area contributed by atoms with E-state index in [0.29, 0.717) is 22.9 Å². The first kappa shape index (κ1) is 20.9. The average Bonchev–Trinajstić information content (AvgIpc) is 2.74. The van der Waals surface area contributed by atoms with E-state index in [1.54, 1.807) is 31.9 Å². The van der Waals surface area contributed by atoms with Crippen molar-refractivity contribution in [1.82, 2.24) is 0 Å². The minimum atomic E-state index is -0.0636.